The Bertz CT molecular complexity index is 543. The highest BCUT2D eigenvalue weighted by Gasteiger charge is 2.35. The zero-order valence-corrected chi connectivity index (χ0v) is 13.1. The van der Waals surface area contributed by atoms with E-state index in [4.69, 9.17) is 4.74 Å². The van der Waals surface area contributed by atoms with Crippen LogP contribution in [0.1, 0.15) is 30.9 Å². The molecule has 2 atom stereocenters. The van der Waals surface area contributed by atoms with Crippen molar-refractivity contribution in [3.05, 3.63) is 35.4 Å². The lowest BCUT2D eigenvalue weighted by Gasteiger charge is -2.37. The first kappa shape index (κ1) is 16.5. The van der Waals surface area contributed by atoms with Crippen molar-refractivity contribution in [1.29, 1.82) is 0 Å². The maximum Gasteiger partial charge on any atom is 0.308 e. The lowest BCUT2D eigenvalue weighted by Crippen LogP contribution is -2.49. The third-order valence-corrected chi connectivity index (χ3v) is 4.28. The molecule has 120 valence electrons. The molecule has 1 aromatic rings. The second kappa shape index (κ2) is 7.40. The maximum atomic E-state index is 12.5. The molecule has 0 bridgehead atoms. The van der Waals surface area contributed by atoms with Crippen LogP contribution in [0.4, 0.5) is 0 Å². The topological polar surface area (TPSA) is 66.8 Å². The van der Waals surface area contributed by atoms with Gasteiger partial charge >= 0.3 is 5.97 Å². The molecule has 2 rings (SSSR count). The minimum Gasteiger partial charge on any atom is -0.481 e. The van der Waals surface area contributed by atoms with Crippen LogP contribution < -0.4 is 0 Å². The fraction of sp³-hybridized carbons (Fsp3) is 0.529. The normalized spacial score (nSPS) is 21.6. The third-order valence-electron chi connectivity index (χ3n) is 4.28. The van der Waals surface area contributed by atoms with Gasteiger partial charge in [-0.05, 0) is 30.9 Å². The predicted octanol–water partition coefficient (Wildman–Crippen LogP) is 2.09. The number of ether oxygens (including phenoxy) is 1. The van der Waals surface area contributed by atoms with Crippen LogP contribution in [-0.4, -0.2) is 41.6 Å². The number of carboxylic acids is 1. The lowest BCUT2D eigenvalue weighted by atomic mass is 9.90. The second-order valence-corrected chi connectivity index (χ2v) is 5.84. The molecule has 0 aromatic heterocycles. The molecule has 0 unspecified atom stereocenters. The number of aliphatic carboxylic acids is 1. The molecule has 5 heteroatoms. The summed E-state index contributed by atoms with van der Waals surface area (Å²) in [7, 11) is 1.64. The van der Waals surface area contributed by atoms with Gasteiger partial charge < -0.3 is 14.7 Å². The molecule has 0 spiro atoms. The number of likely N-dealkylation sites (tertiary alicyclic amines) is 1. The zero-order chi connectivity index (χ0) is 16.1. The van der Waals surface area contributed by atoms with Crippen molar-refractivity contribution in [2.45, 2.75) is 38.8 Å². The van der Waals surface area contributed by atoms with E-state index in [0.717, 1.165) is 17.5 Å². The van der Waals surface area contributed by atoms with E-state index >= 15 is 0 Å². The van der Waals surface area contributed by atoms with E-state index in [0.29, 0.717) is 26.0 Å². The number of amides is 1. The van der Waals surface area contributed by atoms with Crippen molar-refractivity contribution in [2.24, 2.45) is 5.92 Å². The summed E-state index contributed by atoms with van der Waals surface area (Å²) in [5.74, 6) is -1.28. The fourth-order valence-electron chi connectivity index (χ4n) is 3.10. The van der Waals surface area contributed by atoms with Gasteiger partial charge in [-0.1, -0.05) is 24.3 Å². The zero-order valence-electron chi connectivity index (χ0n) is 13.1. The summed E-state index contributed by atoms with van der Waals surface area (Å²) in [6, 6.07) is 7.50. The monoisotopic (exact) mass is 305 g/mol. The van der Waals surface area contributed by atoms with E-state index < -0.39 is 11.9 Å². The van der Waals surface area contributed by atoms with Crippen LogP contribution in [0.2, 0.25) is 0 Å². The molecular weight excluding hydrogens is 282 g/mol. The Labute approximate surface area is 130 Å². The number of rotatable bonds is 5. The van der Waals surface area contributed by atoms with Gasteiger partial charge in [0.25, 0.3) is 0 Å². The molecule has 1 heterocycles. The number of benzene rings is 1. The average Bonchev–Trinajstić information content (AvgIpc) is 2.47. The summed E-state index contributed by atoms with van der Waals surface area (Å²) in [5, 5.41) is 9.24. The van der Waals surface area contributed by atoms with Crippen LogP contribution in [-0.2, 0) is 27.4 Å². The average molecular weight is 305 g/mol. The Morgan fingerprint density at radius 2 is 2.09 bits per heavy atom. The van der Waals surface area contributed by atoms with Crippen LogP contribution in [0.25, 0.3) is 0 Å². The van der Waals surface area contributed by atoms with Crippen LogP contribution in [0.5, 0.6) is 0 Å². The summed E-state index contributed by atoms with van der Waals surface area (Å²) < 4.78 is 5.10. The van der Waals surface area contributed by atoms with Crippen molar-refractivity contribution in [3.8, 4) is 0 Å². The van der Waals surface area contributed by atoms with Crippen molar-refractivity contribution >= 4 is 11.9 Å². The summed E-state index contributed by atoms with van der Waals surface area (Å²) >= 11 is 0. The molecule has 22 heavy (non-hydrogen) atoms. The molecule has 1 aromatic carbocycles. The number of hydrogen-bond acceptors (Lipinski definition) is 3. The van der Waals surface area contributed by atoms with Gasteiger partial charge in [0.15, 0.2) is 0 Å². The molecule has 1 saturated heterocycles. The van der Waals surface area contributed by atoms with Gasteiger partial charge in [0.05, 0.1) is 18.9 Å². The van der Waals surface area contributed by atoms with Crippen LogP contribution in [0, 0.1) is 5.92 Å². The maximum absolute atomic E-state index is 12.5. The molecule has 1 N–H and O–H groups in total. The smallest absolute Gasteiger partial charge is 0.308 e. The third kappa shape index (κ3) is 3.85. The molecule has 1 fully saturated rings. The summed E-state index contributed by atoms with van der Waals surface area (Å²) in [6.45, 7) is 2.99. The van der Waals surface area contributed by atoms with E-state index in [1.54, 1.807) is 12.0 Å². The van der Waals surface area contributed by atoms with E-state index in [2.05, 4.69) is 0 Å². The minimum atomic E-state index is -0.813. The summed E-state index contributed by atoms with van der Waals surface area (Å²) in [6.07, 6.45) is 1.69. The number of carbonyl (C=O) groups excluding carboxylic acids is 1. The first-order valence-corrected chi connectivity index (χ1v) is 7.62. The summed E-state index contributed by atoms with van der Waals surface area (Å²) in [5.41, 5.74) is 1.96. The van der Waals surface area contributed by atoms with E-state index in [9.17, 15) is 14.7 Å². The summed E-state index contributed by atoms with van der Waals surface area (Å²) in [4.78, 5) is 25.5. The highest BCUT2D eigenvalue weighted by molar-refractivity contribution is 5.80. The Morgan fingerprint density at radius 1 is 1.36 bits per heavy atom. The number of carbonyl (C=O) groups is 2. The Kier molecular flexibility index (Phi) is 5.55. The number of piperidine rings is 1. The van der Waals surface area contributed by atoms with Crippen molar-refractivity contribution in [1.82, 2.24) is 4.90 Å². The highest BCUT2D eigenvalue weighted by atomic mass is 16.5. The first-order valence-electron chi connectivity index (χ1n) is 7.62. The van der Waals surface area contributed by atoms with Crippen molar-refractivity contribution in [2.75, 3.05) is 13.7 Å². The van der Waals surface area contributed by atoms with Crippen LogP contribution in [0.3, 0.4) is 0 Å². The molecule has 5 nitrogen and oxygen atoms in total. The molecule has 0 radical (unpaired) electrons. The highest BCUT2D eigenvalue weighted by Crippen LogP contribution is 2.24. The van der Waals surface area contributed by atoms with Gasteiger partial charge in [-0.25, -0.2) is 0 Å². The Hall–Kier alpha value is -1.88. The minimum absolute atomic E-state index is 0.00647. The number of carboxylic acid groups (broad SMARTS) is 1. The predicted molar refractivity (Wildman–Crippen MR) is 82.4 cm³/mol. The molecule has 0 saturated carbocycles. The molecular formula is C17H23NO4. The molecule has 1 amide bonds. The van der Waals surface area contributed by atoms with Gasteiger partial charge in [-0.15, -0.1) is 0 Å². The van der Waals surface area contributed by atoms with E-state index in [-0.39, 0.29) is 11.9 Å². The second-order valence-electron chi connectivity index (χ2n) is 5.84. The lowest BCUT2D eigenvalue weighted by molar-refractivity contribution is -0.148. The van der Waals surface area contributed by atoms with Gasteiger partial charge in [-0.3, -0.25) is 9.59 Å². The quantitative estimate of drug-likeness (QED) is 0.904. The standard InChI is InChI=1S/C17H23NO4/c1-12-15(17(20)21)7-4-8-18(12)16(19)10-13-5-3-6-14(9-13)11-22-2/h3,5-6,9,12,15H,4,7-8,10-11H2,1-2H3,(H,20,21)/t12-,15-/m0/s1. The van der Waals surface area contributed by atoms with Gasteiger partial charge in [0, 0.05) is 19.7 Å². The van der Waals surface area contributed by atoms with E-state index in [1.165, 1.54) is 0 Å². The van der Waals surface area contributed by atoms with Crippen molar-refractivity contribution in [3.63, 3.8) is 0 Å². The van der Waals surface area contributed by atoms with E-state index in [1.807, 2.05) is 31.2 Å². The number of hydrogen-bond donors (Lipinski definition) is 1. The Morgan fingerprint density at radius 3 is 2.77 bits per heavy atom. The van der Waals surface area contributed by atoms with Gasteiger partial charge in [0.2, 0.25) is 5.91 Å². The molecule has 1 aliphatic heterocycles. The number of nitrogens with zero attached hydrogens (tertiary/aromatic N) is 1. The SMILES string of the molecule is COCc1cccc(CC(=O)N2CCC[C@H](C(=O)O)[C@@H]2C)c1. The molecule has 1 aliphatic rings. The van der Waals surface area contributed by atoms with Gasteiger partial charge in [-0.2, -0.15) is 0 Å². The number of methoxy groups -OCH3 is 1. The fourth-order valence-corrected chi connectivity index (χ4v) is 3.10. The van der Waals surface area contributed by atoms with Crippen LogP contribution in [0.15, 0.2) is 24.3 Å². The van der Waals surface area contributed by atoms with Crippen LogP contribution >= 0.6 is 0 Å². The largest absolute Gasteiger partial charge is 0.481 e. The first-order chi connectivity index (χ1) is 10.5. The molecule has 0 aliphatic carbocycles. The Balaban J connectivity index is 2.05. The van der Waals surface area contributed by atoms with Crippen molar-refractivity contribution < 1.29 is 19.4 Å². The van der Waals surface area contributed by atoms with Gasteiger partial charge in [0.1, 0.15) is 0 Å².